The van der Waals surface area contributed by atoms with Gasteiger partial charge in [-0.15, -0.1) is 0 Å². The Kier molecular flexibility index (Phi) is 4.64. The normalized spacial score (nSPS) is 22.0. The van der Waals surface area contributed by atoms with Gasteiger partial charge in [-0.1, -0.05) is 0 Å². The van der Waals surface area contributed by atoms with Gasteiger partial charge in [-0.3, -0.25) is 4.90 Å². The van der Waals surface area contributed by atoms with Crippen LogP contribution in [0.25, 0.3) is 0 Å². The molecule has 0 bridgehead atoms. The third-order valence-corrected chi connectivity index (χ3v) is 5.12. The molecule has 0 spiro atoms. The van der Waals surface area contributed by atoms with E-state index in [2.05, 4.69) is 21.6 Å². The summed E-state index contributed by atoms with van der Waals surface area (Å²) in [6.45, 7) is 3.23. The molecular formula is C13H22N4O2S. The van der Waals surface area contributed by atoms with Crippen molar-refractivity contribution in [2.75, 3.05) is 46.0 Å². The summed E-state index contributed by atoms with van der Waals surface area (Å²) in [5.74, 6) is 0. The fraction of sp³-hybridized carbons (Fsp3) is 0.538. The number of benzene rings is 1. The van der Waals surface area contributed by atoms with Gasteiger partial charge >= 0.3 is 0 Å². The van der Waals surface area contributed by atoms with Gasteiger partial charge in [0.25, 0.3) is 0 Å². The van der Waals surface area contributed by atoms with Crippen molar-refractivity contribution in [2.45, 2.75) is 10.9 Å². The Hall–Kier alpha value is -1.15. The predicted octanol–water partition coefficient (Wildman–Crippen LogP) is -0.207. The summed E-state index contributed by atoms with van der Waals surface area (Å²) in [7, 11) is 0.605. The number of anilines is 1. The molecule has 112 valence electrons. The van der Waals surface area contributed by atoms with Crippen LogP contribution in [0, 0.1) is 0 Å². The van der Waals surface area contributed by atoms with E-state index in [1.165, 1.54) is 12.1 Å². The first-order valence-corrected chi connectivity index (χ1v) is 8.11. The van der Waals surface area contributed by atoms with Gasteiger partial charge in [-0.25, -0.2) is 13.1 Å². The highest BCUT2D eigenvalue weighted by Crippen LogP contribution is 2.12. The zero-order valence-electron chi connectivity index (χ0n) is 11.9. The summed E-state index contributed by atoms with van der Waals surface area (Å²) in [5, 5.41) is 0. The minimum Gasteiger partial charge on any atom is -0.399 e. The fourth-order valence-corrected chi connectivity index (χ4v) is 3.33. The van der Waals surface area contributed by atoms with Crippen molar-refractivity contribution in [1.29, 1.82) is 0 Å². The average Bonchev–Trinajstić information content (AvgIpc) is 2.40. The largest absolute Gasteiger partial charge is 0.399 e. The van der Waals surface area contributed by atoms with E-state index in [1.807, 2.05) is 7.05 Å². The lowest BCUT2D eigenvalue weighted by atomic mass is 10.2. The van der Waals surface area contributed by atoms with E-state index in [9.17, 15) is 8.42 Å². The summed E-state index contributed by atoms with van der Waals surface area (Å²) in [6.07, 6.45) is 0. The molecule has 0 aromatic heterocycles. The lowest BCUT2D eigenvalue weighted by molar-refractivity contribution is 0.117. The van der Waals surface area contributed by atoms with Crippen molar-refractivity contribution in [2.24, 2.45) is 0 Å². The lowest BCUT2D eigenvalue weighted by Crippen LogP contribution is -2.54. The van der Waals surface area contributed by atoms with E-state index in [0.29, 0.717) is 12.2 Å². The molecule has 7 heteroatoms. The summed E-state index contributed by atoms with van der Waals surface area (Å²) in [6, 6.07) is 6.42. The van der Waals surface area contributed by atoms with Crippen LogP contribution in [0.5, 0.6) is 0 Å². The van der Waals surface area contributed by atoms with Crippen LogP contribution >= 0.6 is 0 Å². The van der Waals surface area contributed by atoms with Crippen molar-refractivity contribution in [3.8, 4) is 0 Å². The van der Waals surface area contributed by atoms with Gasteiger partial charge in [0, 0.05) is 37.9 Å². The number of piperazine rings is 1. The molecule has 1 heterocycles. The topological polar surface area (TPSA) is 78.7 Å². The highest BCUT2D eigenvalue weighted by atomic mass is 32.2. The maximum Gasteiger partial charge on any atom is 0.240 e. The number of nitrogens with two attached hydrogens (primary N) is 1. The van der Waals surface area contributed by atoms with Crippen molar-refractivity contribution >= 4 is 15.7 Å². The quantitative estimate of drug-likeness (QED) is 0.752. The van der Waals surface area contributed by atoms with E-state index < -0.39 is 10.0 Å². The maximum atomic E-state index is 12.2. The first-order chi connectivity index (χ1) is 9.38. The minimum atomic E-state index is -3.47. The molecule has 0 saturated carbocycles. The molecule has 3 N–H and O–H groups in total. The molecule has 20 heavy (non-hydrogen) atoms. The second-order valence-corrected chi connectivity index (χ2v) is 7.08. The minimum absolute atomic E-state index is 0.192. The third-order valence-electron chi connectivity index (χ3n) is 3.68. The predicted molar refractivity (Wildman–Crippen MR) is 80.0 cm³/mol. The molecule has 0 radical (unpaired) electrons. The Morgan fingerprint density at radius 1 is 1.25 bits per heavy atom. The number of nitrogens with zero attached hydrogens (tertiary/aromatic N) is 2. The van der Waals surface area contributed by atoms with E-state index in [1.54, 1.807) is 12.1 Å². The molecule has 1 aliphatic heterocycles. The lowest BCUT2D eigenvalue weighted by Gasteiger charge is -2.37. The molecule has 0 aliphatic carbocycles. The molecule has 6 nitrogen and oxygen atoms in total. The van der Waals surface area contributed by atoms with Crippen LogP contribution in [-0.2, 0) is 10.0 Å². The van der Waals surface area contributed by atoms with Gasteiger partial charge in [0.05, 0.1) is 4.90 Å². The number of hydrogen-bond donors (Lipinski definition) is 2. The van der Waals surface area contributed by atoms with Gasteiger partial charge in [0.15, 0.2) is 0 Å². The molecule has 1 atom stereocenters. The zero-order valence-corrected chi connectivity index (χ0v) is 12.7. The van der Waals surface area contributed by atoms with E-state index in [-0.39, 0.29) is 10.9 Å². The highest BCUT2D eigenvalue weighted by molar-refractivity contribution is 7.89. The standard InChI is InChI=1S/C13H22N4O2S/c1-16-7-8-17(2)12(10-16)9-15-20(18,19)13-5-3-11(14)4-6-13/h3-6,12,15H,7-10,14H2,1-2H3. The number of nitrogen functional groups attached to an aromatic ring is 1. The number of sulfonamides is 1. The van der Waals surface area contributed by atoms with Gasteiger partial charge < -0.3 is 10.6 Å². The van der Waals surface area contributed by atoms with E-state index in [0.717, 1.165) is 19.6 Å². The molecule has 0 amide bonds. The Balaban J connectivity index is 2.00. The molecule has 1 aliphatic rings. The SMILES string of the molecule is CN1CCN(C)C(CNS(=O)(=O)c2ccc(N)cc2)C1. The van der Waals surface area contributed by atoms with Crippen molar-refractivity contribution in [3.63, 3.8) is 0 Å². The molecule has 2 rings (SSSR count). The number of nitrogens with one attached hydrogen (secondary N) is 1. The fourth-order valence-electron chi connectivity index (χ4n) is 2.26. The second-order valence-electron chi connectivity index (χ2n) is 5.32. The smallest absolute Gasteiger partial charge is 0.240 e. The molecule has 1 unspecified atom stereocenters. The monoisotopic (exact) mass is 298 g/mol. The first kappa shape index (κ1) is 15.2. The van der Waals surface area contributed by atoms with Crippen molar-refractivity contribution in [3.05, 3.63) is 24.3 Å². The van der Waals surface area contributed by atoms with Crippen LogP contribution in [0.4, 0.5) is 5.69 Å². The number of hydrogen-bond acceptors (Lipinski definition) is 5. The second kappa shape index (κ2) is 6.09. The van der Waals surface area contributed by atoms with Crippen molar-refractivity contribution < 1.29 is 8.42 Å². The van der Waals surface area contributed by atoms with Gasteiger partial charge in [-0.2, -0.15) is 0 Å². The Labute approximate surface area is 120 Å². The van der Waals surface area contributed by atoms with Crippen LogP contribution < -0.4 is 10.5 Å². The summed E-state index contributed by atoms with van der Waals surface area (Å²) >= 11 is 0. The van der Waals surface area contributed by atoms with Crippen LogP contribution in [0.1, 0.15) is 0 Å². The van der Waals surface area contributed by atoms with Crippen LogP contribution in [0.3, 0.4) is 0 Å². The number of likely N-dealkylation sites (N-methyl/N-ethyl adjacent to an activating group) is 2. The average molecular weight is 298 g/mol. The van der Waals surface area contributed by atoms with E-state index >= 15 is 0 Å². The molecular weight excluding hydrogens is 276 g/mol. The van der Waals surface area contributed by atoms with Crippen LogP contribution in [-0.4, -0.2) is 64.5 Å². The molecule has 1 saturated heterocycles. The Morgan fingerprint density at radius 2 is 1.90 bits per heavy atom. The summed E-state index contributed by atoms with van der Waals surface area (Å²) in [5.41, 5.74) is 6.12. The van der Waals surface area contributed by atoms with Gasteiger partial charge in [0.1, 0.15) is 0 Å². The van der Waals surface area contributed by atoms with E-state index in [4.69, 9.17) is 5.73 Å². The van der Waals surface area contributed by atoms with Crippen LogP contribution in [0.15, 0.2) is 29.2 Å². The van der Waals surface area contributed by atoms with Crippen LogP contribution in [0.2, 0.25) is 0 Å². The first-order valence-electron chi connectivity index (χ1n) is 6.62. The van der Waals surface area contributed by atoms with Crippen molar-refractivity contribution in [1.82, 2.24) is 14.5 Å². The maximum absolute atomic E-state index is 12.2. The highest BCUT2D eigenvalue weighted by Gasteiger charge is 2.24. The molecule has 1 aromatic carbocycles. The molecule has 1 aromatic rings. The van der Waals surface area contributed by atoms with Gasteiger partial charge in [0.2, 0.25) is 10.0 Å². The summed E-state index contributed by atoms with van der Waals surface area (Å²) < 4.78 is 27.1. The Bertz CT molecular complexity index is 544. The third kappa shape index (κ3) is 3.69. The Morgan fingerprint density at radius 3 is 2.55 bits per heavy atom. The molecule has 1 fully saturated rings. The van der Waals surface area contributed by atoms with Gasteiger partial charge in [-0.05, 0) is 38.4 Å². The summed E-state index contributed by atoms with van der Waals surface area (Å²) in [4.78, 5) is 4.65. The number of rotatable bonds is 4. The zero-order chi connectivity index (χ0) is 14.8.